The molecule has 0 unspecified atom stereocenters. The Morgan fingerprint density at radius 3 is 2.37 bits per heavy atom. The van der Waals surface area contributed by atoms with E-state index in [0.29, 0.717) is 17.3 Å². The molecule has 0 spiro atoms. The van der Waals surface area contributed by atoms with Crippen molar-refractivity contribution >= 4 is 35.1 Å². The summed E-state index contributed by atoms with van der Waals surface area (Å²) in [5.41, 5.74) is 1.75. The van der Waals surface area contributed by atoms with Gasteiger partial charge in [0.1, 0.15) is 0 Å². The molecule has 3 amide bonds. The first-order chi connectivity index (χ1) is 13.0. The Morgan fingerprint density at radius 1 is 1.07 bits per heavy atom. The second-order valence-corrected chi connectivity index (χ2v) is 6.12. The monoisotopic (exact) mass is 365 g/mol. The fourth-order valence-electron chi connectivity index (χ4n) is 3.15. The van der Waals surface area contributed by atoms with Crippen molar-refractivity contribution in [1.29, 1.82) is 0 Å². The van der Waals surface area contributed by atoms with Gasteiger partial charge in [0.2, 0.25) is 5.91 Å². The molecule has 8 heteroatoms. The Morgan fingerprint density at radius 2 is 1.74 bits per heavy atom. The lowest BCUT2D eigenvalue weighted by atomic mass is 10.1. The number of hydroxylamine groups is 2. The van der Waals surface area contributed by atoms with Crippen molar-refractivity contribution < 1.29 is 24.0 Å². The minimum atomic E-state index is -0.866. The van der Waals surface area contributed by atoms with Crippen LogP contribution in [0.2, 0.25) is 0 Å². The first kappa shape index (κ1) is 16.8. The normalized spacial score (nSPS) is 15.4. The number of carbonyl (C=O) groups is 4. The van der Waals surface area contributed by atoms with E-state index < -0.39 is 17.8 Å². The van der Waals surface area contributed by atoms with Crippen molar-refractivity contribution in [2.45, 2.75) is 6.92 Å². The molecule has 0 saturated carbocycles. The number of carbonyl (C=O) groups excluding carboxylic acids is 4. The maximum atomic E-state index is 12.5. The lowest BCUT2D eigenvalue weighted by Gasteiger charge is -2.30. The van der Waals surface area contributed by atoms with E-state index in [-0.39, 0.29) is 29.1 Å². The van der Waals surface area contributed by atoms with Gasteiger partial charge < -0.3 is 15.1 Å². The summed E-state index contributed by atoms with van der Waals surface area (Å²) in [5.74, 6) is -2.43. The van der Waals surface area contributed by atoms with Gasteiger partial charge in [0.25, 0.3) is 11.8 Å². The number of likely N-dealkylation sites (N-methyl/N-ethyl adjacent to an activating group) is 1. The highest BCUT2D eigenvalue weighted by Crippen LogP contribution is 2.31. The van der Waals surface area contributed by atoms with Gasteiger partial charge in [-0.1, -0.05) is 17.2 Å². The summed E-state index contributed by atoms with van der Waals surface area (Å²) in [5, 5.41) is 3.17. The molecule has 4 rings (SSSR count). The second-order valence-electron chi connectivity index (χ2n) is 6.12. The standard InChI is InChI=1S/C19H15N3O5/c1-2-21-10-16(23)20-14-9-11(7-8-15(14)21)19(26)27-22-17(24)12-5-3-4-6-13(12)18(22)25/h3-9H,2,10H2,1H3,(H,20,23). The van der Waals surface area contributed by atoms with Crippen LogP contribution in [0.25, 0.3) is 0 Å². The van der Waals surface area contributed by atoms with Gasteiger partial charge in [0, 0.05) is 6.54 Å². The van der Waals surface area contributed by atoms with Crippen LogP contribution in [0.3, 0.4) is 0 Å². The third-order valence-electron chi connectivity index (χ3n) is 4.49. The van der Waals surface area contributed by atoms with E-state index in [0.717, 1.165) is 5.69 Å². The average Bonchev–Trinajstić information content (AvgIpc) is 2.92. The number of imide groups is 1. The summed E-state index contributed by atoms with van der Waals surface area (Å²) in [4.78, 5) is 55.8. The van der Waals surface area contributed by atoms with Crippen molar-refractivity contribution in [3.63, 3.8) is 0 Å². The molecule has 2 aromatic carbocycles. The van der Waals surface area contributed by atoms with E-state index in [4.69, 9.17) is 4.84 Å². The lowest BCUT2D eigenvalue weighted by molar-refractivity contribution is -0.115. The van der Waals surface area contributed by atoms with Gasteiger partial charge in [-0.25, -0.2) is 4.79 Å². The van der Waals surface area contributed by atoms with Crippen LogP contribution in [0.15, 0.2) is 42.5 Å². The number of fused-ring (bicyclic) bond motifs is 2. The van der Waals surface area contributed by atoms with Crippen LogP contribution in [0, 0.1) is 0 Å². The SMILES string of the molecule is CCN1CC(=O)Nc2cc(C(=O)ON3C(=O)c4ccccc4C3=O)ccc21. The van der Waals surface area contributed by atoms with Crippen LogP contribution in [-0.4, -0.2) is 41.8 Å². The molecule has 0 aromatic heterocycles. The Hall–Kier alpha value is -3.68. The van der Waals surface area contributed by atoms with E-state index in [9.17, 15) is 19.2 Å². The number of benzene rings is 2. The lowest BCUT2D eigenvalue weighted by Crippen LogP contribution is -2.38. The number of nitrogens with one attached hydrogen (secondary N) is 1. The van der Waals surface area contributed by atoms with Gasteiger partial charge in [-0.15, -0.1) is 0 Å². The molecule has 136 valence electrons. The molecule has 2 aliphatic heterocycles. The molecule has 0 bridgehead atoms. The molecule has 8 nitrogen and oxygen atoms in total. The van der Waals surface area contributed by atoms with Gasteiger partial charge in [-0.05, 0) is 37.3 Å². The van der Waals surface area contributed by atoms with Crippen molar-refractivity contribution in [3.05, 3.63) is 59.2 Å². The number of hydrogen-bond acceptors (Lipinski definition) is 6. The Kier molecular flexibility index (Phi) is 3.88. The van der Waals surface area contributed by atoms with E-state index in [1.54, 1.807) is 18.2 Å². The van der Waals surface area contributed by atoms with Crippen molar-refractivity contribution in [3.8, 4) is 0 Å². The fourth-order valence-corrected chi connectivity index (χ4v) is 3.15. The summed E-state index contributed by atoms with van der Waals surface area (Å²) in [6, 6.07) is 10.9. The molecule has 0 aliphatic carbocycles. The van der Waals surface area contributed by atoms with Crippen molar-refractivity contribution in [1.82, 2.24) is 5.06 Å². The van der Waals surface area contributed by atoms with E-state index >= 15 is 0 Å². The summed E-state index contributed by atoms with van der Waals surface area (Å²) in [6.45, 7) is 2.80. The predicted octanol–water partition coefficient (Wildman–Crippen LogP) is 1.83. The largest absolute Gasteiger partial charge is 0.364 e. The molecular formula is C19H15N3O5. The third-order valence-corrected chi connectivity index (χ3v) is 4.49. The zero-order valence-corrected chi connectivity index (χ0v) is 14.4. The van der Waals surface area contributed by atoms with Gasteiger partial charge >= 0.3 is 5.97 Å². The van der Waals surface area contributed by atoms with E-state index in [1.165, 1.54) is 24.3 Å². The van der Waals surface area contributed by atoms with Gasteiger partial charge in [0.15, 0.2) is 0 Å². The highest BCUT2D eigenvalue weighted by molar-refractivity contribution is 6.21. The highest BCUT2D eigenvalue weighted by atomic mass is 16.7. The van der Waals surface area contributed by atoms with Crippen LogP contribution in [0.5, 0.6) is 0 Å². The van der Waals surface area contributed by atoms with E-state index in [1.807, 2.05) is 11.8 Å². The zero-order valence-electron chi connectivity index (χ0n) is 14.4. The van der Waals surface area contributed by atoms with Crippen molar-refractivity contribution in [2.75, 3.05) is 23.3 Å². The zero-order chi connectivity index (χ0) is 19.1. The molecule has 0 fully saturated rings. The molecule has 2 heterocycles. The second kappa shape index (κ2) is 6.24. The van der Waals surface area contributed by atoms with Crippen molar-refractivity contribution in [2.24, 2.45) is 0 Å². The molecule has 0 radical (unpaired) electrons. The van der Waals surface area contributed by atoms with Gasteiger partial charge in [-0.2, -0.15) is 0 Å². The molecule has 0 atom stereocenters. The van der Waals surface area contributed by atoms with E-state index in [2.05, 4.69) is 5.32 Å². The maximum Gasteiger partial charge on any atom is 0.364 e. The summed E-state index contributed by atoms with van der Waals surface area (Å²) < 4.78 is 0. The predicted molar refractivity (Wildman–Crippen MR) is 95.3 cm³/mol. The first-order valence-corrected chi connectivity index (χ1v) is 8.38. The minimum Gasteiger partial charge on any atom is -0.361 e. The fraction of sp³-hybridized carbons (Fsp3) is 0.158. The molecule has 2 aliphatic rings. The maximum absolute atomic E-state index is 12.5. The number of hydrogen-bond donors (Lipinski definition) is 1. The van der Waals surface area contributed by atoms with Crippen LogP contribution in [0.4, 0.5) is 11.4 Å². The number of rotatable bonds is 3. The van der Waals surface area contributed by atoms with Crippen LogP contribution < -0.4 is 10.2 Å². The summed E-state index contributed by atoms with van der Waals surface area (Å²) in [6.07, 6.45) is 0. The number of nitrogens with zero attached hydrogens (tertiary/aromatic N) is 2. The van der Waals surface area contributed by atoms with Gasteiger partial charge in [-0.3, -0.25) is 14.4 Å². The van der Waals surface area contributed by atoms with Crippen LogP contribution >= 0.6 is 0 Å². The number of anilines is 2. The topological polar surface area (TPSA) is 96.0 Å². The molecular weight excluding hydrogens is 350 g/mol. The quantitative estimate of drug-likeness (QED) is 0.834. The average molecular weight is 365 g/mol. The third kappa shape index (κ3) is 2.71. The van der Waals surface area contributed by atoms with Crippen LogP contribution in [-0.2, 0) is 9.63 Å². The Balaban J connectivity index is 1.58. The number of amides is 3. The Bertz CT molecular complexity index is 966. The first-order valence-electron chi connectivity index (χ1n) is 8.38. The molecule has 0 saturated heterocycles. The van der Waals surface area contributed by atoms with Crippen LogP contribution in [0.1, 0.15) is 38.0 Å². The molecule has 1 N–H and O–H groups in total. The Labute approximate surface area is 154 Å². The smallest absolute Gasteiger partial charge is 0.361 e. The highest BCUT2D eigenvalue weighted by Gasteiger charge is 2.39. The molecule has 27 heavy (non-hydrogen) atoms. The van der Waals surface area contributed by atoms with Gasteiger partial charge in [0.05, 0.1) is 34.6 Å². The summed E-state index contributed by atoms with van der Waals surface area (Å²) in [7, 11) is 0. The summed E-state index contributed by atoms with van der Waals surface area (Å²) >= 11 is 0. The molecule has 2 aromatic rings. The minimum absolute atomic E-state index is 0.114.